The molecule has 2 nitrogen and oxygen atoms in total. The summed E-state index contributed by atoms with van der Waals surface area (Å²) in [7, 11) is 2.36. The van der Waals surface area contributed by atoms with Gasteiger partial charge in [0.15, 0.2) is 0 Å². The molecule has 0 radical (unpaired) electrons. The average molecular weight is 218 g/mol. The zero-order valence-electron chi connectivity index (χ0n) is 10.6. The zero-order valence-corrected chi connectivity index (χ0v) is 10.6. The minimum absolute atomic E-state index is 0.133. The topological polar surface area (TPSA) is 0 Å². The lowest BCUT2D eigenvalue weighted by Gasteiger charge is -2.54. The number of hydrogen-bond acceptors (Lipinski definition) is 0. The highest BCUT2D eigenvalue weighted by Gasteiger charge is 2.45. The van der Waals surface area contributed by atoms with Crippen LogP contribution in [0.3, 0.4) is 0 Å². The van der Waals surface area contributed by atoms with Gasteiger partial charge in [-0.2, -0.15) is 0 Å². The smallest absolute Gasteiger partial charge is 0.129 e. The molecule has 0 spiro atoms. The third-order valence-corrected chi connectivity index (χ3v) is 4.11. The van der Waals surface area contributed by atoms with Gasteiger partial charge >= 0.3 is 0 Å². The van der Waals surface area contributed by atoms with Gasteiger partial charge in [-0.3, -0.25) is 4.39 Å². The van der Waals surface area contributed by atoms with Crippen LogP contribution in [0, 0.1) is 0 Å². The Morgan fingerprint density at radius 1 is 0.933 bits per heavy atom. The van der Waals surface area contributed by atoms with E-state index >= 15 is 0 Å². The SMILES string of the molecule is CC.C[N+]12CC[N+](CCCF)(CC1)CC2. The highest BCUT2D eigenvalue weighted by Crippen LogP contribution is 2.24. The van der Waals surface area contributed by atoms with Crippen LogP contribution < -0.4 is 0 Å². The van der Waals surface area contributed by atoms with E-state index in [0.717, 1.165) is 13.0 Å². The molecule has 0 aromatic rings. The highest BCUT2D eigenvalue weighted by molar-refractivity contribution is 4.59. The molecule has 0 N–H and O–H groups in total. The molecule has 0 aliphatic carbocycles. The summed E-state index contributed by atoms with van der Waals surface area (Å²) in [4.78, 5) is 0. The van der Waals surface area contributed by atoms with E-state index in [9.17, 15) is 4.39 Å². The lowest BCUT2D eigenvalue weighted by atomic mass is 10.1. The van der Waals surface area contributed by atoms with E-state index in [2.05, 4.69) is 7.05 Å². The fourth-order valence-electron chi connectivity index (χ4n) is 2.76. The zero-order chi connectivity index (χ0) is 11.4. The van der Waals surface area contributed by atoms with Crippen molar-refractivity contribution in [2.24, 2.45) is 0 Å². The predicted octanol–water partition coefficient (Wildman–Crippen LogP) is 1.66. The Balaban J connectivity index is 0.000000531. The Hall–Kier alpha value is -0.150. The second kappa shape index (κ2) is 5.26. The number of quaternary nitrogens is 2. The van der Waals surface area contributed by atoms with Crippen molar-refractivity contribution in [3.63, 3.8) is 0 Å². The molecule has 3 rings (SSSR count). The molecule has 90 valence electrons. The molecule has 2 bridgehead atoms. The fourth-order valence-corrected chi connectivity index (χ4v) is 2.76. The number of nitrogens with zero attached hydrogens (tertiary/aromatic N) is 2. The summed E-state index contributed by atoms with van der Waals surface area (Å²) in [6.45, 7) is 12.7. The third kappa shape index (κ3) is 2.91. The highest BCUT2D eigenvalue weighted by atomic mass is 19.1. The lowest BCUT2D eigenvalue weighted by molar-refractivity contribution is -1.07. The van der Waals surface area contributed by atoms with Gasteiger partial charge in [0.05, 0.1) is 20.3 Å². The number of halogens is 1. The largest absolute Gasteiger partial charge is 0.312 e. The van der Waals surface area contributed by atoms with Gasteiger partial charge in [-0.25, -0.2) is 0 Å². The third-order valence-electron chi connectivity index (χ3n) is 4.11. The Labute approximate surface area is 93.9 Å². The first-order valence-corrected chi connectivity index (χ1v) is 6.43. The van der Waals surface area contributed by atoms with Crippen molar-refractivity contribution in [1.29, 1.82) is 0 Å². The van der Waals surface area contributed by atoms with Gasteiger partial charge in [-0.15, -0.1) is 0 Å². The monoisotopic (exact) mass is 218 g/mol. The molecule has 15 heavy (non-hydrogen) atoms. The molecule has 3 heterocycles. The molecule has 0 aromatic heterocycles. The minimum Gasteiger partial charge on any atom is -0.312 e. The van der Waals surface area contributed by atoms with Crippen molar-refractivity contribution in [3.8, 4) is 0 Å². The Kier molecular flexibility index (Phi) is 4.53. The summed E-state index contributed by atoms with van der Waals surface area (Å²) in [5.74, 6) is 0. The van der Waals surface area contributed by atoms with Crippen LogP contribution in [-0.4, -0.2) is 68.5 Å². The maximum atomic E-state index is 12.1. The number of alkyl halides is 1. The van der Waals surface area contributed by atoms with E-state index in [1.807, 2.05) is 13.8 Å². The summed E-state index contributed by atoms with van der Waals surface area (Å²) in [5.41, 5.74) is 0. The maximum Gasteiger partial charge on any atom is 0.129 e. The summed E-state index contributed by atoms with van der Waals surface area (Å²) in [6, 6.07) is 0. The van der Waals surface area contributed by atoms with Crippen molar-refractivity contribution in [1.82, 2.24) is 0 Å². The van der Waals surface area contributed by atoms with Crippen LogP contribution in [0.15, 0.2) is 0 Å². The van der Waals surface area contributed by atoms with E-state index in [4.69, 9.17) is 0 Å². The first kappa shape index (κ1) is 12.9. The van der Waals surface area contributed by atoms with E-state index in [1.54, 1.807) is 0 Å². The van der Waals surface area contributed by atoms with Gasteiger partial charge in [0, 0.05) is 6.42 Å². The van der Waals surface area contributed by atoms with Crippen LogP contribution in [0.1, 0.15) is 20.3 Å². The van der Waals surface area contributed by atoms with Gasteiger partial charge in [0.25, 0.3) is 0 Å². The normalized spacial score (nSPS) is 38.4. The molecule has 3 aliphatic heterocycles. The fraction of sp³-hybridized carbons (Fsp3) is 1.00. The molecular weight excluding hydrogens is 191 g/mol. The molecule has 0 saturated carbocycles. The molecule has 0 aromatic carbocycles. The van der Waals surface area contributed by atoms with Crippen LogP contribution in [0.25, 0.3) is 0 Å². The Morgan fingerprint density at radius 2 is 1.40 bits per heavy atom. The van der Waals surface area contributed by atoms with Crippen LogP contribution in [0.2, 0.25) is 0 Å². The van der Waals surface area contributed by atoms with Crippen LogP contribution in [0.4, 0.5) is 4.39 Å². The number of hydrogen-bond donors (Lipinski definition) is 0. The summed E-state index contributed by atoms with van der Waals surface area (Å²) < 4.78 is 14.6. The quantitative estimate of drug-likeness (QED) is 0.632. The summed E-state index contributed by atoms with van der Waals surface area (Å²) >= 11 is 0. The first-order chi connectivity index (χ1) is 7.18. The molecule has 0 amide bonds. The first-order valence-electron chi connectivity index (χ1n) is 6.43. The number of likely N-dealkylation sites (N-methyl/N-ethyl adjacent to an activating group) is 1. The number of piperazine rings is 3. The van der Waals surface area contributed by atoms with Gasteiger partial charge in [0.1, 0.15) is 39.3 Å². The Bertz CT molecular complexity index is 164. The van der Waals surface area contributed by atoms with Gasteiger partial charge in [-0.05, 0) is 0 Å². The van der Waals surface area contributed by atoms with Crippen LogP contribution in [0.5, 0.6) is 0 Å². The molecule has 3 saturated heterocycles. The van der Waals surface area contributed by atoms with Crippen molar-refractivity contribution >= 4 is 0 Å². The maximum absolute atomic E-state index is 12.1. The second-order valence-corrected chi connectivity index (χ2v) is 5.07. The Morgan fingerprint density at radius 3 is 1.80 bits per heavy atom. The van der Waals surface area contributed by atoms with Gasteiger partial charge < -0.3 is 8.97 Å². The molecule has 0 atom stereocenters. The van der Waals surface area contributed by atoms with Crippen molar-refractivity contribution in [2.75, 3.05) is 59.5 Å². The molecule has 3 fully saturated rings. The van der Waals surface area contributed by atoms with E-state index in [1.165, 1.54) is 48.2 Å². The summed E-state index contributed by atoms with van der Waals surface area (Å²) in [5, 5.41) is 0. The van der Waals surface area contributed by atoms with Gasteiger partial charge in [0.2, 0.25) is 0 Å². The number of fused-ring (bicyclic) bond motifs is 3. The molecule has 0 unspecified atom stereocenters. The lowest BCUT2D eigenvalue weighted by Crippen LogP contribution is -2.73. The van der Waals surface area contributed by atoms with Crippen LogP contribution in [-0.2, 0) is 0 Å². The van der Waals surface area contributed by atoms with Crippen LogP contribution >= 0.6 is 0 Å². The van der Waals surface area contributed by atoms with Crippen molar-refractivity contribution in [3.05, 3.63) is 0 Å². The predicted molar refractivity (Wildman–Crippen MR) is 62.5 cm³/mol. The van der Waals surface area contributed by atoms with E-state index < -0.39 is 0 Å². The number of rotatable bonds is 3. The van der Waals surface area contributed by atoms with Gasteiger partial charge in [-0.1, -0.05) is 13.8 Å². The average Bonchev–Trinajstić information content (AvgIpc) is 2.31. The van der Waals surface area contributed by atoms with E-state index in [-0.39, 0.29) is 6.67 Å². The standard InChI is InChI=1S/C10H21FN2.C2H6/c1-12-5-8-13(9-6-12,10-7-12)4-2-3-11;1-2/h2-10H2,1H3;1-2H3/q+2;. The molecular formula is C12H27FN2+2. The molecule has 3 heteroatoms. The summed E-state index contributed by atoms with van der Waals surface area (Å²) in [6.07, 6.45) is 0.768. The minimum atomic E-state index is -0.133. The molecule has 3 aliphatic rings. The van der Waals surface area contributed by atoms with Crippen molar-refractivity contribution < 1.29 is 13.4 Å². The second-order valence-electron chi connectivity index (χ2n) is 5.07. The van der Waals surface area contributed by atoms with E-state index in [0.29, 0.717) is 0 Å². The van der Waals surface area contributed by atoms with Crippen molar-refractivity contribution in [2.45, 2.75) is 20.3 Å².